The third-order valence-corrected chi connectivity index (χ3v) is 7.00. The first-order valence-electron chi connectivity index (χ1n) is 13.0. The molecule has 3 aromatic carbocycles. The Morgan fingerprint density at radius 3 is 2.29 bits per heavy atom. The van der Waals surface area contributed by atoms with Gasteiger partial charge in [-0.25, -0.2) is 4.79 Å². The van der Waals surface area contributed by atoms with Gasteiger partial charge in [-0.1, -0.05) is 42.1 Å². The molecule has 1 aromatic heterocycles. The second kappa shape index (κ2) is 14.7. The van der Waals surface area contributed by atoms with Crippen LogP contribution in [0.25, 0.3) is 0 Å². The highest BCUT2D eigenvalue weighted by atomic mass is 32.2. The first kappa shape index (κ1) is 29.3. The third kappa shape index (κ3) is 8.42. The molecule has 0 bridgehead atoms. The van der Waals surface area contributed by atoms with Crippen molar-refractivity contribution in [3.63, 3.8) is 0 Å². The molecule has 0 radical (unpaired) electrons. The highest BCUT2D eigenvalue weighted by Gasteiger charge is 2.16. The monoisotopic (exact) mass is 573 g/mol. The summed E-state index contributed by atoms with van der Waals surface area (Å²) in [5.41, 5.74) is 2.63. The Bertz CT molecular complexity index is 1460. The van der Waals surface area contributed by atoms with Crippen LogP contribution in [-0.2, 0) is 29.0 Å². The van der Waals surface area contributed by atoms with E-state index < -0.39 is 5.97 Å². The van der Waals surface area contributed by atoms with Gasteiger partial charge < -0.3 is 24.7 Å². The quantitative estimate of drug-likeness (QED) is 0.179. The third-order valence-electron chi connectivity index (χ3n) is 6.03. The maximum absolute atomic E-state index is 12.7. The van der Waals surface area contributed by atoms with Gasteiger partial charge in [0.1, 0.15) is 5.75 Å². The number of rotatable bonds is 13. The lowest BCUT2D eigenvalue weighted by molar-refractivity contribution is -0.113. The number of nitrogens with zero attached hydrogens (tertiary/aromatic N) is 3. The summed E-state index contributed by atoms with van der Waals surface area (Å²) in [4.78, 5) is 37.2. The molecule has 11 heteroatoms. The number of benzene rings is 3. The molecule has 212 valence electrons. The van der Waals surface area contributed by atoms with Crippen LogP contribution in [0, 0.1) is 0 Å². The van der Waals surface area contributed by atoms with Crippen molar-refractivity contribution < 1.29 is 23.9 Å². The molecule has 0 spiro atoms. The minimum absolute atomic E-state index is 0.0985. The van der Waals surface area contributed by atoms with Crippen molar-refractivity contribution >= 4 is 35.2 Å². The molecule has 0 unspecified atom stereocenters. The predicted molar refractivity (Wildman–Crippen MR) is 156 cm³/mol. The van der Waals surface area contributed by atoms with Gasteiger partial charge in [0.05, 0.1) is 31.6 Å². The van der Waals surface area contributed by atoms with E-state index in [1.165, 1.54) is 11.8 Å². The molecule has 0 aliphatic carbocycles. The molecule has 0 atom stereocenters. The Balaban J connectivity index is 1.40. The molecule has 10 nitrogen and oxygen atoms in total. The van der Waals surface area contributed by atoms with E-state index in [0.717, 1.165) is 12.0 Å². The van der Waals surface area contributed by atoms with E-state index in [1.807, 2.05) is 34.9 Å². The highest BCUT2D eigenvalue weighted by Crippen LogP contribution is 2.20. The fourth-order valence-corrected chi connectivity index (χ4v) is 4.69. The lowest BCUT2D eigenvalue weighted by atomic mass is 10.1. The number of thioether (sulfide) groups is 1. The van der Waals surface area contributed by atoms with Crippen molar-refractivity contribution in [1.82, 2.24) is 20.1 Å². The summed E-state index contributed by atoms with van der Waals surface area (Å²) in [6.07, 6.45) is 0.727. The Hall–Kier alpha value is -4.64. The van der Waals surface area contributed by atoms with Crippen molar-refractivity contribution in [3.05, 3.63) is 101 Å². The molecule has 0 aliphatic heterocycles. The van der Waals surface area contributed by atoms with E-state index in [1.54, 1.807) is 62.6 Å². The summed E-state index contributed by atoms with van der Waals surface area (Å²) in [5, 5.41) is 14.9. The van der Waals surface area contributed by atoms with Crippen LogP contribution < -0.4 is 15.4 Å². The second-order valence-electron chi connectivity index (χ2n) is 8.83. The van der Waals surface area contributed by atoms with Crippen LogP contribution in [0.15, 0.2) is 84.0 Å². The maximum atomic E-state index is 12.7. The smallest absolute Gasteiger partial charge is 0.338 e. The van der Waals surface area contributed by atoms with Crippen LogP contribution in [0.3, 0.4) is 0 Å². The highest BCUT2D eigenvalue weighted by molar-refractivity contribution is 7.99. The second-order valence-corrected chi connectivity index (χ2v) is 9.77. The van der Waals surface area contributed by atoms with Crippen molar-refractivity contribution in [1.29, 1.82) is 0 Å². The van der Waals surface area contributed by atoms with E-state index in [9.17, 15) is 14.4 Å². The van der Waals surface area contributed by atoms with E-state index in [2.05, 4.69) is 20.8 Å². The van der Waals surface area contributed by atoms with Crippen LogP contribution in [0.2, 0.25) is 0 Å². The number of carbonyl (C=O) groups excluding carboxylic acids is 3. The van der Waals surface area contributed by atoms with Crippen molar-refractivity contribution in [2.45, 2.75) is 31.6 Å². The Morgan fingerprint density at radius 2 is 1.61 bits per heavy atom. The molecule has 0 saturated heterocycles. The molecular formula is C30H31N5O5S. The number of methoxy groups -OCH3 is 1. The summed E-state index contributed by atoms with van der Waals surface area (Å²) < 4.78 is 12.1. The van der Waals surface area contributed by atoms with Crippen molar-refractivity contribution in [2.24, 2.45) is 0 Å². The van der Waals surface area contributed by atoms with E-state index in [0.29, 0.717) is 46.7 Å². The number of carbonyl (C=O) groups is 3. The number of hydrogen-bond donors (Lipinski definition) is 2. The van der Waals surface area contributed by atoms with E-state index >= 15 is 0 Å². The normalized spacial score (nSPS) is 10.6. The van der Waals surface area contributed by atoms with Crippen LogP contribution >= 0.6 is 11.8 Å². The van der Waals surface area contributed by atoms with E-state index in [-0.39, 0.29) is 24.1 Å². The number of nitrogens with one attached hydrogen (secondary N) is 2. The zero-order valence-corrected chi connectivity index (χ0v) is 23.6. The largest absolute Gasteiger partial charge is 0.497 e. The zero-order valence-electron chi connectivity index (χ0n) is 22.8. The average Bonchev–Trinajstić information content (AvgIpc) is 3.40. The molecule has 4 rings (SSSR count). The Morgan fingerprint density at radius 1 is 0.902 bits per heavy atom. The number of amides is 2. The molecule has 41 heavy (non-hydrogen) atoms. The van der Waals surface area contributed by atoms with Crippen LogP contribution in [0.4, 0.5) is 5.69 Å². The summed E-state index contributed by atoms with van der Waals surface area (Å²) >= 11 is 1.26. The molecule has 1 heterocycles. The number of hydrogen-bond acceptors (Lipinski definition) is 8. The lowest BCUT2D eigenvalue weighted by Gasteiger charge is -2.11. The summed E-state index contributed by atoms with van der Waals surface area (Å²) in [5.74, 6) is 0.466. The molecule has 4 aromatic rings. The SMILES string of the molecule is CCOC(=O)c1ccc(NC(=O)CSc2nnc(CNC(=O)c3ccc(OC)cc3)n2CCc2ccccc2)cc1. The van der Waals surface area contributed by atoms with Gasteiger partial charge >= 0.3 is 5.97 Å². The van der Waals surface area contributed by atoms with Crippen molar-refractivity contribution in [3.8, 4) is 5.75 Å². The van der Waals surface area contributed by atoms with Gasteiger partial charge in [-0.2, -0.15) is 0 Å². The number of aromatic nitrogens is 3. The molecule has 0 saturated carbocycles. The first-order valence-corrected chi connectivity index (χ1v) is 14.0. The lowest BCUT2D eigenvalue weighted by Crippen LogP contribution is -2.25. The average molecular weight is 574 g/mol. The number of ether oxygens (including phenoxy) is 2. The van der Waals surface area contributed by atoms with Crippen LogP contribution in [0.5, 0.6) is 5.75 Å². The standard InChI is InChI=1S/C30H31N5O5S/c1-3-40-29(38)23-9-13-24(14-10-23)32-27(36)20-41-30-34-33-26(35(30)18-17-21-7-5-4-6-8-21)19-31-28(37)22-11-15-25(39-2)16-12-22/h4-16H,3,17-20H2,1-2H3,(H,31,37)(H,32,36). The van der Waals surface area contributed by atoms with Gasteiger partial charge in [-0.05, 0) is 67.4 Å². The van der Waals surface area contributed by atoms with Gasteiger partial charge in [-0.15, -0.1) is 10.2 Å². The van der Waals surface area contributed by atoms with Gasteiger partial charge in [0, 0.05) is 17.8 Å². The summed E-state index contributed by atoms with van der Waals surface area (Å²) in [7, 11) is 1.57. The predicted octanol–water partition coefficient (Wildman–Crippen LogP) is 4.37. The summed E-state index contributed by atoms with van der Waals surface area (Å²) in [6.45, 7) is 2.78. The molecule has 2 amide bonds. The fourth-order valence-electron chi connectivity index (χ4n) is 3.90. The topological polar surface area (TPSA) is 124 Å². The summed E-state index contributed by atoms with van der Waals surface area (Å²) in [6, 6.07) is 23.4. The zero-order chi connectivity index (χ0) is 29.0. The number of anilines is 1. The Labute approximate surface area is 242 Å². The van der Waals surface area contributed by atoms with Gasteiger partial charge in [0.15, 0.2) is 11.0 Å². The molecule has 0 aliphatic rings. The fraction of sp³-hybridized carbons (Fsp3) is 0.233. The van der Waals surface area contributed by atoms with Gasteiger partial charge in [0.2, 0.25) is 5.91 Å². The number of aryl methyl sites for hydroxylation is 1. The molecule has 0 fully saturated rings. The minimum Gasteiger partial charge on any atom is -0.497 e. The maximum Gasteiger partial charge on any atom is 0.338 e. The first-order chi connectivity index (χ1) is 20.0. The van der Waals surface area contributed by atoms with Crippen LogP contribution in [0.1, 0.15) is 39.0 Å². The molecular weight excluding hydrogens is 542 g/mol. The van der Waals surface area contributed by atoms with Gasteiger partial charge in [-0.3, -0.25) is 9.59 Å². The van der Waals surface area contributed by atoms with Crippen molar-refractivity contribution in [2.75, 3.05) is 24.8 Å². The minimum atomic E-state index is -0.410. The number of esters is 1. The van der Waals surface area contributed by atoms with Crippen LogP contribution in [-0.4, -0.2) is 52.0 Å². The Kier molecular flexibility index (Phi) is 10.5. The van der Waals surface area contributed by atoms with E-state index in [4.69, 9.17) is 9.47 Å². The molecule has 2 N–H and O–H groups in total. The van der Waals surface area contributed by atoms with Gasteiger partial charge in [0.25, 0.3) is 5.91 Å².